The zero-order valence-electron chi connectivity index (χ0n) is 9.07. The average molecular weight is 282 g/mol. The number of pyridine rings is 1. The molecule has 2 heterocycles. The van der Waals surface area contributed by atoms with Crippen LogP contribution in [0.5, 0.6) is 0 Å². The third-order valence-electron chi connectivity index (χ3n) is 2.84. The maximum absolute atomic E-state index is 11.1. The Morgan fingerprint density at radius 1 is 1.50 bits per heavy atom. The van der Waals surface area contributed by atoms with E-state index in [-0.39, 0.29) is 0 Å². The number of fused-ring (bicyclic) bond motifs is 1. The van der Waals surface area contributed by atoms with Crippen molar-refractivity contribution in [3.63, 3.8) is 0 Å². The number of aromatic nitrogens is 1. The van der Waals surface area contributed by atoms with Crippen LogP contribution in [-0.2, 0) is 4.79 Å². The Kier molecular flexibility index (Phi) is 2.76. The maximum atomic E-state index is 11.1. The van der Waals surface area contributed by atoms with Gasteiger partial charge in [-0.25, -0.2) is 0 Å². The molecule has 0 saturated heterocycles. The van der Waals surface area contributed by atoms with Gasteiger partial charge in [0.2, 0.25) is 0 Å². The predicted octanol–water partition coefficient (Wildman–Crippen LogP) is 3.20. The summed E-state index contributed by atoms with van der Waals surface area (Å²) < 4.78 is 2.90. The van der Waals surface area contributed by atoms with E-state index in [1.807, 2.05) is 35.7 Å². The van der Waals surface area contributed by atoms with E-state index in [0.29, 0.717) is 0 Å². The number of aliphatic carboxylic acids is 1. The van der Waals surface area contributed by atoms with Crippen molar-refractivity contribution in [3.8, 4) is 0 Å². The quantitative estimate of drug-likeness (QED) is 0.919. The monoisotopic (exact) mass is 281 g/mol. The van der Waals surface area contributed by atoms with Crippen LogP contribution in [0.3, 0.4) is 0 Å². The lowest BCUT2D eigenvalue weighted by molar-refractivity contribution is -0.138. The summed E-state index contributed by atoms with van der Waals surface area (Å²) in [6.07, 6.45) is 1.89. The molecule has 2 aromatic heterocycles. The summed E-state index contributed by atoms with van der Waals surface area (Å²) in [4.78, 5) is 11.1. The van der Waals surface area contributed by atoms with E-state index >= 15 is 0 Å². The normalized spacial score (nSPS) is 12.9. The summed E-state index contributed by atoms with van der Waals surface area (Å²) in [5.74, 6) is -1.32. The molecule has 3 nitrogen and oxygen atoms in total. The topological polar surface area (TPSA) is 41.7 Å². The summed E-state index contributed by atoms with van der Waals surface area (Å²) in [5, 5.41) is 9.10. The summed E-state index contributed by atoms with van der Waals surface area (Å²) in [6.45, 7) is 3.64. The highest BCUT2D eigenvalue weighted by Crippen LogP contribution is 2.32. The van der Waals surface area contributed by atoms with Crippen LogP contribution in [0.1, 0.15) is 24.1 Å². The number of carboxylic acids is 1. The lowest BCUT2D eigenvalue weighted by Gasteiger charge is -2.08. The molecular weight excluding hydrogens is 270 g/mol. The molecule has 0 aliphatic carbocycles. The molecule has 2 aromatic rings. The first-order valence-corrected chi connectivity index (χ1v) is 5.81. The van der Waals surface area contributed by atoms with E-state index in [4.69, 9.17) is 5.11 Å². The highest BCUT2D eigenvalue weighted by molar-refractivity contribution is 9.10. The highest BCUT2D eigenvalue weighted by atomic mass is 79.9. The number of rotatable bonds is 2. The molecule has 0 fully saturated rings. The molecule has 0 bridgehead atoms. The Bertz CT molecular complexity index is 559. The Hall–Kier alpha value is -1.29. The zero-order chi connectivity index (χ0) is 11.9. The molecule has 2 rings (SSSR count). The summed E-state index contributed by atoms with van der Waals surface area (Å²) in [6, 6.07) is 5.81. The van der Waals surface area contributed by atoms with Gasteiger partial charge in [-0.1, -0.05) is 6.07 Å². The van der Waals surface area contributed by atoms with Gasteiger partial charge in [-0.2, -0.15) is 0 Å². The van der Waals surface area contributed by atoms with Crippen molar-refractivity contribution in [3.05, 3.63) is 40.1 Å². The first kappa shape index (κ1) is 11.2. The largest absolute Gasteiger partial charge is 0.481 e. The van der Waals surface area contributed by atoms with Crippen LogP contribution >= 0.6 is 15.9 Å². The standard InChI is InChI=1S/C12H12BrNO2/c1-7-10(13)9-5-3-4-6-14(9)11(7)8(2)12(15)16/h3-6,8H,1-2H3,(H,15,16). The van der Waals surface area contributed by atoms with E-state index in [1.165, 1.54) is 0 Å². The molecule has 16 heavy (non-hydrogen) atoms. The fourth-order valence-corrected chi connectivity index (χ4v) is 2.49. The van der Waals surface area contributed by atoms with Crippen LogP contribution in [0.25, 0.3) is 5.52 Å². The van der Waals surface area contributed by atoms with Gasteiger partial charge in [0.05, 0.1) is 11.4 Å². The minimum Gasteiger partial charge on any atom is -0.481 e. The molecule has 0 aliphatic heterocycles. The van der Waals surface area contributed by atoms with Crippen molar-refractivity contribution in [2.45, 2.75) is 19.8 Å². The maximum Gasteiger partial charge on any atom is 0.312 e. The van der Waals surface area contributed by atoms with E-state index in [9.17, 15) is 4.79 Å². The van der Waals surface area contributed by atoms with Crippen molar-refractivity contribution >= 4 is 27.4 Å². The Balaban J connectivity index is 2.78. The van der Waals surface area contributed by atoms with Crippen LogP contribution in [0.2, 0.25) is 0 Å². The number of halogens is 1. The molecule has 4 heteroatoms. The highest BCUT2D eigenvalue weighted by Gasteiger charge is 2.22. The molecule has 0 aromatic carbocycles. The van der Waals surface area contributed by atoms with Crippen molar-refractivity contribution in [2.75, 3.05) is 0 Å². The van der Waals surface area contributed by atoms with Crippen molar-refractivity contribution in [1.29, 1.82) is 0 Å². The Labute approximate surface area is 102 Å². The molecule has 0 radical (unpaired) electrons. The second-order valence-corrected chi connectivity index (χ2v) is 4.63. The molecule has 0 spiro atoms. The van der Waals surface area contributed by atoms with Crippen LogP contribution < -0.4 is 0 Å². The molecule has 1 atom stereocenters. The van der Waals surface area contributed by atoms with Crippen LogP contribution in [0, 0.1) is 6.92 Å². The van der Waals surface area contributed by atoms with Crippen LogP contribution in [0.4, 0.5) is 0 Å². The Morgan fingerprint density at radius 2 is 2.19 bits per heavy atom. The molecule has 1 unspecified atom stereocenters. The van der Waals surface area contributed by atoms with Gasteiger partial charge in [-0.05, 0) is 47.5 Å². The molecule has 84 valence electrons. The van der Waals surface area contributed by atoms with E-state index < -0.39 is 11.9 Å². The number of carbonyl (C=O) groups is 1. The van der Waals surface area contributed by atoms with Gasteiger partial charge in [-0.3, -0.25) is 4.79 Å². The van der Waals surface area contributed by atoms with Gasteiger partial charge in [0.15, 0.2) is 0 Å². The zero-order valence-corrected chi connectivity index (χ0v) is 10.7. The number of carboxylic acid groups (broad SMARTS) is 1. The molecule has 0 amide bonds. The Morgan fingerprint density at radius 3 is 2.81 bits per heavy atom. The van der Waals surface area contributed by atoms with Crippen molar-refractivity contribution in [1.82, 2.24) is 4.40 Å². The number of hydrogen-bond donors (Lipinski definition) is 1. The smallest absolute Gasteiger partial charge is 0.312 e. The number of nitrogens with zero attached hydrogens (tertiary/aromatic N) is 1. The van der Waals surface area contributed by atoms with Crippen LogP contribution in [-0.4, -0.2) is 15.5 Å². The fourth-order valence-electron chi connectivity index (χ4n) is 1.97. The first-order valence-electron chi connectivity index (χ1n) is 5.02. The summed E-state index contributed by atoms with van der Waals surface area (Å²) in [7, 11) is 0. The van der Waals surface area contributed by atoms with E-state index in [1.54, 1.807) is 6.92 Å². The fraction of sp³-hybridized carbons (Fsp3) is 0.250. The van der Waals surface area contributed by atoms with Gasteiger partial charge in [0.25, 0.3) is 0 Å². The lowest BCUT2D eigenvalue weighted by Crippen LogP contribution is -2.11. The third-order valence-corrected chi connectivity index (χ3v) is 3.84. The first-order chi connectivity index (χ1) is 7.54. The lowest BCUT2D eigenvalue weighted by atomic mass is 10.1. The molecule has 0 saturated carbocycles. The van der Waals surface area contributed by atoms with E-state index in [2.05, 4.69) is 15.9 Å². The minimum absolute atomic E-state index is 0.513. The average Bonchev–Trinajstić information content (AvgIpc) is 2.52. The van der Waals surface area contributed by atoms with Crippen LogP contribution in [0.15, 0.2) is 28.9 Å². The minimum atomic E-state index is -0.807. The van der Waals surface area contributed by atoms with Gasteiger partial charge < -0.3 is 9.51 Å². The number of hydrogen-bond acceptors (Lipinski definition) is 1. The molecule has 0 aliphatic rings. The van der Waals surface area contributed by atoms with E-state index in [0.717, 1.165) is 21.2 Å². The second kappa shape index (κ2) is 3.94. The predicted molar refractivity (Wildman–Crippen MR) is 65.9 cm³/mol. The summed E-state index contributed by atoms with van der Waals surface area (Å²) in [5.41, 5.74) is 2.82. The van der Waals surface area contributed by atoms with Gasteiger partial charge in [0, 0.05) is 16.4 Å². The molecular formula is C12H12BrNO2. The second-order valence-electron chi connectivity index (χ2n) is 3.84. The van der Waals surface area contributed by atoms with Crippen molar-refractivity contribution in [2.24, 2.45) is 0 Å². The van der Waals surface area contributed by atoms with Gasteiger partial charge >= 0.3 is 5.97 Å². The van der Waals surface area contributed by atoms with Gasteiger partial charge in [0.1, 0.15) is 0 Å². The summed E-state index contributed by atoms with van der Waals surface area (Å²) >= 11 is 3.51. The van der Waals surface area contributed by atoms with Gasteiger partial charge in [-0.15, -0.1) is 0 Å². The third kappa shape index (κ3) is 1.53. The SMILES string of the molecule is Cc1c(Br)c2ccccn2c1C(C)C(=O)O. The van der Waals surface area contributed by atoms with Crippen molar-refractivity contribution < 1.29 is 9.90 Å². The molecule has 1 N–H and O–H groups in total.